The number of esters is 1. The van der Waals surface area contributed by atoms with E-state index in [1.54, 1.807) is 52.0 Å². The number of nitrogens with one attached hydrogen (secondary N) is 1. The molecule has 0 aromatic heterocycles. The van der Waals surface area contributed by atoms with Gasteiger partial charge in [-0.05, 0) is 64.1 Å². The Morgan fingerprint density at radius 2 is 1.53 bits per heavy atom. The van der Waals surface area contributed by atoms with Crippen LogP contribution in [0.5, 0.6) is 11.5 Å². The molecule has 3 aromatic carbocycles. The van der Waals surface area contributed by atoms with E-state index in [1.165, 1.54) is 0 Å². The molecule has 0 heterocycles. The van der Waals surface area contributed by atoms with Crippen LogP contribution in [0.25, 0.3) is 10.8 Å². The van der Waals surface area contributed by atoms with Crippen LogP contribution in [-0.4, -0.2) is 48.4 Å². The summed E-state index contributed by atoms with van der Waals surface area (Å²) >= 11 is 12.0. The molecule has 8 heteroatoms. The second-order valence-corrected chi connectivity index (χ2v) is 10.1. The molecule has 0 aliphatic carbocycles. The zero-order valence-corrected chi connectivity index (χ0v) is 22.5. The number of carbonyl (C=O) groups is 2. The van der Waals surface area contributed by atoms with Gasteiger partial charge >= 0.3 is 5.97 Å². The van der Waals surface area contributed by atoms with Crippen molar-refractivity contribution in [3.63, 3.8) is 0 Å². The lowest BCUT2D eigenvalue weighted by molar-refractivity contribution is -0.156. The molecule has 192 valence electrons. The maximum Gasteiger partial charge on any atom is 0.328 e. The molecule has 6 nitrogen and oxygen atoms in total. The van der Waals surface area contributed by atoms with E-state index in [0.29, 0.717) is 41.9 Å². The molecule has 0 radical (unpaired) electrons. The van der Waals surface area contributed by atoms with Crippen LogP contribution in [-0.2, 0) is 9.53 Å². The quantitative estimate of drug-likeness (QED) is 0.243. The number of hydrogen-bond acceptors (Lipinski definition) is 5. The van der Waals surface area contributed by atoms with E-state index in [0.717, 1.165) is 16.5 Å². The van der Waals surface area contributed by atoms with Crippen LogP contribution < -0.4 is 15.0 Å². The Morgan fingerprint density at radius 3 is 2.11 bits per heavy atom. The minimum Gasteiger partial charge on any atom is -0.458 e. The summed E-state index contributed by atoms with van der Waals surface area (Å²) in [5, 5.41) is 4.67. The predicted octanol–water partition coefficient (Wildman–Crippen LogP) is 6.38. The molecular weight excluding hydrogens is 499 g/mol. The number of benzene rings is 3. The number of amides is 1. The van der Waals surface area contributed by atoms with Gasteiger partial charge in [0.2, 0.25) is 0 Å². The highest BCUT2D eigenvalue weighted by molar-refractivity contribution is 6.18. The number of carbonyl (C=O) groups excluding carboxylic acids is 2. The summed E-state index contributed by atoms with van der Waals surface area (Å²) in [6.07, 6.45) is 0. The molecule has 1 amide bonds. The summed E-state index contributed by atoms with van der Waals surface area (Å²) in [5.74, 6) is 1.43. The number of fused-ring (bicyclic) bond motifs is 1. The molecule has 1 N–H and O–H groups in total. The van der Waals surface area contributed by atoms with Crippen molar-refractivity contribution in [1.29, 1.82) is 0 Å². The lowest BCUT2D eigenvalue weighted by Crippen LogP contribution is -2.42. The largest absolute Gasteiger partial charge is 0.458 e. The van der Waals surface area contributed by atoms with Gasteiger partial charge in [-0.2, -0.15) is 0 Å². The first-order valence-corrected chi connectivity index (χ1v) is 12.9. The van der Waals surface area contributed by atoms with Gasteiger partial charge in [0.1, 0.15) is 23.1 Å². The van der Waals surface area contributed by atoms with Crippen LogP contribution in [0, 0.1) is 0 Å². The van der Waals surface area contributed by atoms with E-state index < -0.39 is 17.6 Å². The van der Waals surface area contributed by atoms with Crippen molar-refractivity contribution < 1.29 is 19.1 Å². The Balaban J connectivity index is 1.75. The van der Waals surface area contributed by atoms with Gasteiger partial charge in [0.05, 0.1) is 0 Å². The summed E-state index contributed by atoms with van der Waals surface area (Å²) < 4.78 is 11.5. The van der Waals surface area contributed by atoms with Crippen molar-refractivity contribution in [3.8, 4) is 11.5 Å². The van der Waals surface area contributed by atoms with Gasteiger partial charge in [-0.1, -0.05) is 24.3 Å². The van der Waals surface area contributed by atoms with E-state index in [4.69, 9.17) is 32.7 Å². The third-order valence-electron chi connectivity index (χ3n) is 5.36. The SMILES string of the molecule is C[C@H](NC(=O)c1ccc(Oc2ccc(N(CCCl)CCCl)c3ccccc23)cc1)C(=O)OC(C)(C)C. The molecule has 0 bridgehead atoms. The number of halogens is 2. The zero-order valence-electron chi connectivity index (χ0n) is 21.0. The zero-order chi connectivity index (χ0) is 26.3. The highest BCUT2D eigenvalue weighted by Crippen LogP contribution is 2.36. The summed E-state index contributed by atoms with van der Waals surface area (Å²) in [6.45, 7) is 8.32. The smallest absolute Gasteiger partial charge is 0.328 e. The van der Waals surface area contributed by atoms with Crippen molar-refractivity contribution in [2.45, 2.75) is 39.3 Å². The number of anilines is 1. The molecular formula is C28H32Cl2N2O4. The van der Waals surface area contributed by atoms with Crippen LogP contribution in [0.15, 0.2) is 60.7 Å². The fourth-order valence-electron chi connectivity index (χ4n) is 3.71. The molecule has 0 unspecified atom stereocenters. The van der Waals surface area contributed by atoms with Gasteiger partial charge in [0, 0.05) is 46.9 Å². The van der Waals surface area contributed by atoms with Crippen molar-refractivity contribution in [3.05, 3.63) is 66.2 Å². The van der Waals surface area contributed by atoms with E-state index in [-0.39, 0.29) is 5.91 Å². The molecule has 0 fully saturated rings. The first-order chi connectivity index (χ1) is 17.1. The average Bonchev–Trinajstić information content (AvgIpc) is 2.83. The van der Waals surface area contributed by atoms with Gasteiger partial charge < -0.3 is 19.7 Å². The maximum absolute atomic E-state index is 12.6. The van der Waals surface area contributed by atoms with Crippen LogP contribution in [0.4, 0.5) is 5.69 Å². The second kappa shape index (κ2) is 12.3. The molecule has 0 saturated carbocycles. The first kappa shape index (κ1) is 27.6. The van der Waals surface area contributed by atoms with Gasteiger partial charge in [-0.3, -0.25) is 4.79 Å². The summed E-state index contributed by atoms with van der Waals surface area (Å²) in [6, 6.07) is 17.9. The normalized spacial score (nSPS) is 12.2. The van der Waals surface area contributed by atoms with Crippen molar-refractivity contribution >= 4 is 51.5 Å². The fourth-order valence-corrected chi connectivity index (χ4v) is 4.12. The van der Waals surface area contributed by atoms with Crippen molar-refractivity contribution in [2.24, 2.45) is 0 Å². The Hall–Kier alpha value is -2.96. The predicted molar refractivity (Wildman–Crippen MR) is 147 cm³/mol. The van der Waals surface area contributed by atoms with Crippen molar-refractivity contribution in [2.75, 3.05) is 29.7 Å². The third kappa shape index (κ3) is 7.28. The monoisotopic (exact) mass is 530 g/mol. The lowest BCUT2D eigenvalue weighted by Gasteiger charge is -2.25. The Bertz CT molecular complexity index is 1190. The third-order valence-corrected chi connectivity index (χ3v) is 5.70. The van der Waals surface area contributed by atoms with E-state index in [2.05, 4.69) is 10.2 Å². The minimum absolute atomic E-state index is 0.367. The molecule has 1 atom stereocenters. The van der Waals surface area contributed by atoms with E-state index in [9.17, 15) is 9.59 Å². The highest BCUT2D eigenvalue weighted by Gasteiger charge is 2.23. The fraction of sp³-hybridized carbons (Fsp3) is 0.357. The molecule has 36 heavy (non-hydrogen) atoms. The van der Waals surface area contributed by atoms with E-state index >= 15 is 0 Å². The average molecular weight is 531 g/mol. The number of alkyl halides is 2. The molecule has 3 aromatic rings. The van der Waals surface area contributed by atoms with Gasteiger partial charge in [-0.25, -0.2) is 4.79 Å². The summed E-state index contributed by atoms with van der Waals surface area (Å²) in [4.78, 5) is 26.9. The molecule has 0 saturated heterocycles. The minimum atomic E-state index is -0.769. The highest BCUT2D eigenvalue weighted by atomic mass is 35.5. The van der Waals surface area contributed by atoms with Crippen LogP contribution in [0.3, 0.4) is 0 Å². The topological polar surface area (TPSA) is 67.9 Å². The Kier molecular flexibility index (Phi) is 9.46. The second-order valence-electron chi connectivity index (χ2n) is 9.35. The van der Waals surface area contributed by atoms with Crippen LogP contribution in [0.2, 0.25) is 0 Å². The van der Waals surface area contributed by atoms with Crippen LogP contribution >= 0.6 is 23.2 Å². The molecule has 0 aliphatic rings. The molecule has 0 aliphatic heterocycles. The van der Waals surface area contributed by atoms with E-state index in [1.807, 2.05) is 36.4 Å². The number of hydrogen-bond donors (Lipinski definition) is 1. The van der Waals surface area contributed by atoms with Gasteiger partial charge in [0.15, 0.2) is 0 Å². The number of nitrogens with zero attached hydrogens (tertiary/aromatic N) is 1. The standard InChI is InChI=1S/C28H32Cl2N2O4/c1-19(27(34)36-28(2,3)4)31-26(33)20-9-11-21(12-10-20)35-25-14-13-24(32(17-15-29)18-16-30)22-7-5-6-8-23(22)25/h5-14,19H,15-18H2,1-4H3,(H,31,33)/t19-/m0/s1. The number of rotatable bonds is 10. The van der Waals surface area contributed by atoms with Gasteiger partial charge in [0.25, 0.3) is 5.91 Å². The molecule has 3 rings (SSSR count). The first-order valence-electron chi connectivity index (χ1n) is 11.8. The summed E-state index contributed by atoms with van der Waals surface area (Å²) in [5.41, 5.74) is 0.838. The Morgan fingerprint density at radius 1 is 0.917 bits per heavy atom. The van der Waals surface area contributed by atoms with Crippen LogP contribution in [0.1, 0.15) is 38.1 Å². The van der Waals surface area contributed by atoms with Gasteiger partial charge in [-0.15, -0.1) is 23.2 Å². The maximum atomic E-state index is 12.6. The summed E-state index contributed by atoms with van der Waals surface area (Å²) in [7, 11) is 0. The Labute approximate surface area is 222 Å². The van der Waals surface area contributed by atoms with Crippen molar-refractivity contribution in [1.82, 2.24) is 5.32 Å². The lowest BCUT2D eigenvalue weighted by atomic mass is 10.1. The number of ether oxygens (including phenoxy) is 2. The molecule has 0 spiro atoms.